The molecule has 0 bridgehead atoms. The molecule has 0 saturated heterocycles. The number of nitrogens with zero attached hydrogens (tertiary/aromatic N) is 1. The molecule has 0 amide bonds. The summed E-state index contributed by atoms with van der Waals surface area (Å²) in [4.78, 5) is 14.3. The van der Waals surface area contributed by atoms with E-state index in [4.69, 9.17) is 4.52 Å². The van der Waals surface area contributed by atoms with E-state index >= 15 is 0 Å². The largest absolute Gasteiger partial charge is 0.396 e. The summed E-state index contributed by atoms with van der Waals surface area (Å²) >= 11 is 0. The second-order valence-electron chi connectivity index (χ2n) is 14.4. The average molecular weight is 466 g/mol. The normalized spacial score (nSPS) is 49.1. The quantitative estimate of drug-likeness (QED) is 0.515. The molecule has 1 aromatic rings. The Balaban J connectivity index is 1.49. The van der Waals surface area contributed by atoms with E-state index in [2.05, 4.69) is 52.8 Å². The third-order valence-electron chi connectivity index (χ3n) is 12.5. The predicted octanol–water partition coefficient (Wildman–Crippen LogP) is 6.49. The lowest BCUT2D eigenvalue weighted by Crippen LogP contribution is -2.64. The van der Waals surface area contributed by atoms with E-state index in [1.54, 1.807) is 0 Å². The molecular weight excluding hydrogens is 422 g/mol. The maximum Gasteiger partial charge on any atom is 0.159 e. The Morgan fingerprint density at radius 1 is 1.06 bits per heavy atom. The molecular formula is C30H43NO3. The summed E-state index contributed by atoms with van der Waals surface area (Å²) in [6.45, 7) is 14.6. The van der Waals surface area contributed by atoms with Gasteiger partial charge in [0.2, 0.25) is 0 Å². The van der Waals surface area contributed by atoms with Crippen molar-refractivity contribution in [3.05, 3.63) is 29.2 Å². The molecule has 5 aliphatic carbocycles. The fourth-order valence-electron chi connectivity index (χ4n) is 10.2. The van der Waals surface area contributed by atoms with Gasteiger partial charge in [0.25, 0.3) is 0 Å². The summed E-state index contributed by atoms with van der Waals surface area (Å²) in [5.41, 5.74) is 2.71. The van der Waals surface area contributed by atoms with Crippen molar-refractivity contribution in [3.8, 4) is 0 Å². The SMILES string of the molecule is C[C@@H]1c2oncc2C[C@]2(C)C3=CC(=O)[C@@H]4[C@@H]5CC(C)(C)CC[C@]5(CO)CC[C@@]4(C)[C@]3(C)CC[C@@H]12. The summed E-state index contributed by atoms with van der Waals surface area (Å²) in [7, 11) is 0. The summed E-state index contributed by atoms with van der Waals surface area (Å²) in [5.74, 6) is 2.52. The zero-order chi connectivity index (χ0) is 24.3. The van der Waals surface area contributed by atoms with Gasteiger partial charge in [-0.3, -0.25) is 4.79 Å². The number of carbonyl (C=O) groups excluding carboxylic acids is 1. The van der Waals surface area contributed by atoms with E-state index in [9.17, 15) is 9.90 Å². The number of ketones is 1. The molecule has 6 rings (SSSR count). The van der Waals surface area contributed by atoms with Crippen LogP contribution in [0.4, 0.5) is 0 Å². The topological polar surface area (TPSA) is 63.3 Å². The van der Waals surface area contributed by atoms with Crippen molar-refractivity contribution in [2.45, 2.75) is 98.8 Å². The van der Waals surface area contributed by atoms with E-state index < -0.39 is 0 Å². The van der Waals surface area contributed by atoms with E-state index in [-0.39, 0.29) is 45.5 Å². The van der Waals surface area contributed by atoms with Crippen LogP contribution in [0.2, 0.25) is 0 Å². The van der Waals surface area contributed by atoms with E-state index in [0.29, 0.717) is 17.6 Å². The Morgan fingerprint density at radius 2 is 1.79 bits per heavy atom. The first-order valence-corrected chi connectivity index (χ1v) is 13.7. The zero-order valence-electron chi connectivity index (χ0n) is 22.0. The molecule has 1 heterocycles. The zero-order valence-corrected chi connectivity index (χ0v) is 22.0. The summed E-state index contributed by atoms with van der Waals surface area (Å²) in [5, 5.41) is 14.8. The van der Waals surface area contributed by atoms with Gasteiger partial charge in [-0.2, -0.15) is 0 Å². The van der Waals surface area contributed by atoms with Gasteiger partial charge in [0.05, 0.1) is 6.20 Å². The van der Waals surface area contributed by atoms with Crippen LogP contribution in [0.5, 0.6) is 0 Å². The van der Waals surface area contributed by atoms with E-state index in [1.165, 1.54) is 17.6 Å². The first-order valence-electron chi connectivity index (χ1n) is 13.7. The molecule has 0 spiro atoms. The molecule has 0 radical (unpaired) electrons. The van der Waals surface area contributed by atoms with Crippen LogP contribution in [-0.2, 0) is 11.2 Å². The minimum atomic E-state index is -0.0745. The maximum atomic E-state index is 14.3. The van der Waals surface area contributed by atoms with Gasteiger partial charge in [-0.1, -0.05) is 52.3 Å². The highest BCUT2D eigenvalue weighted by molar-refractivity contribution is 5.95. The van der Waals surface area contributed by atoms with Crippen molar-refractivity contribution in [3.63, 3.8) is 0 Å². The Kier molecular flexibility index (Phi) is 4.65. The van der Waals surface area contributed by atoms with Gasteiger partial charge in [0, 0.05) is 24.0 Å². The Morgan fingerprint density at radius 3 is 2.53 bits per heavy atom. The smallest absolute Gasteiger partial charge is 0.159 e. The summed E-state index contributed by atoms with van der Waals surface area (Å²) < 4.78 is 5.69. The number of fused-ring (bicyclic) bond motifs is 8. The second kappa shape index (κ2) is 6.87. The Bertz CT molecular complexity index is 1070. The number of rotatable bonds is 1. The van der Waals surface area contributed by atoms with Gasteiger partial charge in [-0.15, -0.1) is 0 Å². The molecule has 0 aromatic carbocycles. The minimum absolute atomic E-state index is 0.00835. The van der Waals surface area contributed by atoms with E-state index in [1.807, 2.05) is 6.20 Å². The lowest BCUT2D eigenvalue weighted by molar-refractivity contribution is -0.177. The van der Waals surface area contributed by atoms with Crippen molar-refractivity contribution in [1.82, 2.24) is 5.16 Å². The molecule has 1 aromatic heterocycles. The lowest BCUT2D eigenvalue weighted by Gasteiger charge is -2.69. The molecule has 4 heteroatoms. The molecule has 3 saturated carbocycles. The highest BCUT2D eigenvalue weighted by Crippen LogP contribution is 2.74. The van der Waals surface area contributed by atoms with Gasteiger partial charge in [0.1, 0.15) is 5.76 Å². The standard InChI is InChI=1S/C30H43NO3/c1-18-20-7-8-28(5)23(27(20,4)14-19-16-31-34-25(18)19)13-22(33)24-21-15-26(2,3)9-11-30(21,17-32)12-10-29(24,28)6/h13,16,18,20-21,24,32H,7-12,14-15,17H2,1-6H3/t18-,20-,21-,24-,27-,28+,29+,30+/m0/s1. The first kappa shape index (κ1) is 23.0. The molecule has 186 valence electrons. The number of allylic oxidation sites excluding steroid dienone is 2. The van der Waals surface area contributed by atoms with Crippen molar-refractivity contribution < 1.29 is 14.4 Å². The third kappa shape index (κ3) is 2.64. The van der Waals surface area contributed by atoms with Crippen molar-refractivity contribution in [2.24, 2.45) is 44.8 Å². The molecule has 34 heavy (non-hydrogen) atoms. The van der Waals surface area contributed by atoms with Crippen LogP contribution >= 0.6 is 0 Å². The van der Waals surface area contributed by atoms with Gasteiger partial charge in [-0.25, -0.2) is 0 Å². The summed E-state index contributed by atoms with van der Waals surface area (Å²) in [6, 6.07) is 0. The molecule has 1 N–H and O–H groups in total. The van der Waals surface area contributed by atoms with E-state index in [0.717, 1.165) is 50.7 Å². The highest BCUT2D eigenvalue weighted by atomic mass is 16.5. The number of hydrogen-bond acceptors (Lipinski definition) is 4. The van der Waals surface area contributed by atoms with Gasteiger partial charge in [-0.05, 0) is 96.4 Å². The highest BCUT2D eigenvalue weighted by Gasteiger charge is 2.68. The Labute approximate surface area is 204 Å². The summed E-state index contributed by atoms with van der Waals surface area (Å²) in [6.07, 6.45) is 12.6. The van der Waals surface area contributed by atoms with Crippen molar-refractivity contribution >= 4 is 5.78 Å². The second-order valence-corrected chi connectivity index (χ2v) is 14.4. The lowest BCUT2D eigenvalue weighted by atomic mass is 9.34. The molecule has 5 aliphatic rings. The van der Waals surface area contributed by atoms with Crippen LogP contribution < -0.4 is 0 Å². The number of carbonyl (C=O) groups is 1. The Hall–Kier alpha value is -1.42. The van der Waals surface area contributed by atoms with Crippen LogP contribution in [0.25, 0.3) is 0 Å². The minimum Gasteiger partial charge on any atom is -0.396 e. The number of aliphatic hydroxyl groups is 1. The monoisotopic (exact) mass is 465 g/mol. The van der Waals surface area contributed by atoms with Crippen molar-refractivity contribution in [2.75, 3.05) is 6.61 Å². The molecule has 3 fully saturated rings. The molecule has 0 unspecified atom stereocenters. The van der Waals surface area contributed by atoms with Gasteiger partial charge in [0.15, 0.2) is 5.78 Å². The van der Waals surface area contributed by atoms with Crippen LogP contribution in [0.3, 0.4) is 0 Å². The van der Waals surface area contributed by atoms with Crippen LogP contribution in [-0.4, -0.2) is 22.7 Å². The fourth-order valence-corrected chi connectivity index (χ4v) is 10.2. The maximum absolute atomic E-state index is 14.3. The number of hydrogen-bond donors (Lipinski definition) is 1. The first-order chi connectivity index (χ1) is 15.9. The number of aliphatic hydroxyl groups excluding tert-OH is 1. The van der Waals surface area contributed by atoms with Gasteiger partial charge < -0.3 is 9.63 Å². The average Bonchev–Trinajstić information content (AvgIpc) is 3.23. The van der Waals surface area contributed by atoms with Crippen LogP contribution in [0.15, 0.2) is 22.4 Å². The fraction of sp³-hybridized carbons (Fsp3) is 0.800. The van der Waals surface area contributed by atoms with Crippen LogP contribution in [0.1, 0.15) is 104 Å². The number of aromatic nitrogens is 1. The third-order valence-corrected chi connectivity index (χ3v) is 12.5. The predicted molar refractivity (Wildman–Crippen MR) is 132 cm³/mol. The van der Waals surface area contributed by atoms with Crippen molar-refractivity contribution in [1.29, 1.82) is 0 Å². The molecule has 0 aliphatic heterocycles. The van der Waals surface area contributed by atoms with Crippen LogP contribution in [0, 0.1) is 44.8 Å². The molecule has 4 nitrogen and oxygen atoms in total. The molecule has 8 atom stereocenters. The van der Waals surface area contributed by atoms with Gasteiger partial charge >= 0.3 is 0 Å².